The van der Waals surface area contributed by atoms with Crippen LogP contribution in [0.15, 0.2) is 24.3 Å². The van der Waals surface area contributed by atoms with Crippen molar-refractivity contribution in [1.29, 1.82) is 0 Å². The SMILES string of the molecule is Cc1ccc(C(CNC(=O)C2(N)CCOCC2)N2CCCC2)cc1. The average Bonchev–Trinajstić information content (AvgIpc) is 3.11. The molecule has 5 heteroatoms. The summed E-state index contributed by atoms with van der Waals surface area (Å²) in [6.45, 7) is 6.03. The Kier molecular flexibility index (Phi) is 5.54. The lowest BCUT2D eigenvalue weighted by Gasteiger charge is -2.34. The lowest BCUT2D eigenvalue weighted by Crippen LogP contribution is -2.57. The lowest BCUT2D eigenvalue weighted by molar-refractivity contribution is -0.130. The summed E-state index contributed by atoms with van der Waals surface area (Å²) in [5.41, 5.74) is 8.04. The van der Waals surface area contributed by atoms with Crippen molar-refractivity contribution in [2.45, 2.75) is 44.2 Å². The van der Waals surface area contributed by atoms with Crippen LogP contribution in [0, 0.1) is 6.92 Å². The molecule has 2 aliphatic rings. The van der Waals surface area contributed by atoms with E-state index in [9.17, 15) is 4.79 Å². The number of carbonyl (C=O) groups is 1. The Morgan fingerprint density at radius 3 is 2.50 bits per heavy atom. The number of ether oxygens (including phenoxy) is 1. The summed E-state index contributed by atoms with van der Waals surface area (Å²) in [7, 11) is 0. The maximum atomic E-state index is 12.6. The van der Waals surface area contributed by atoms with Gasteiger partial charge in [0.2, 0.25) is 5.91 Å². The summed E-state index contributed by atoms with van der Waals surface area (Å²) >= 11 is 0. The number of likely N-dealkylation sites (tertiary alicyclic amines) is 1. The van der Waals surface area contributed by atoms with Crippen molar-refractivity contribution < 1.29 is 9.53 Å². The first-order valence-electron chi connectivity index (χ1n) is 9.04. The van der Waals surface area contributed by atoms with Crippen molar-refractivity contribution in [1.82, 2.24) is 10.2 Å². The molecule has 1 aromatic rings. The van der Waals surface area contributed by atoms with Gasteiger partial charge in [-0.3, -0.25) is 9.69 Å². The van der Waals surface area contributed by atoms with Crippen LogP contribution >= 0.6 is 0 Å². The van der Waals surface area contributed by atoms with Gasteiger partial charge < -0.3 is 15.8 Å². The molecule has 1 aromatic carbocycles. The molecular formula is C19H29N3O2. The number of nitrogens with zero attached hydrogens (tertiary/aromatic N) is 1. The number of carbonyl (C=O) groups excluding carboxylic acids is 1. The smallest absolute Gasteiger partial charge is 0.240 e. The fourth-order valence-electron chi connectivity index (χ4n) is 3.63. The summed E-state index contributed by atoms with van der Waals surface area (Å²) in [5.74, 6) is -0.0397. The molecule has 2 fully saturated rings. The van der Waals surface area contributed by atoms with Gasteiger partial charge in [-0.25, -0.2) is 0 Å². The second-order valence-electron chi connectivity index (χ2n) is 7.15. The summed E-state index contributed by atoms with van der Waals surface area (Å²) in [4.78, 5) is 15.1. The number of nitrogens with one attached hydrogen (secondary N) is 1. The molecule has 1 atom stereocenters. The molecule has 0 spiro atoms. The van der Waals surface area contributed by atoms with E-state index in [1.54, 1.807) is 0 Å². The van der Waals surface area contributed by atoms with Gasteiger partial charge in [0.05, 0.1) is 11.6 Å². The van der Waals surface area contributed by atoms with Gasteiger partial charge in [0.15, 0.2) is 0 Å². The van der Waals surface area contributed by atoms with Gasteiger partial charge in [0.1, 0.15) is 0 Å². The summed E-state index contributed by atoms with van der Waals surface area (Å²) in [6.07, 6.45) is 3.65. The molecule has 0 aromatic heterocycles. The third kappa shape index (κ3) is 3.97. The van der Waals surface area contributed by atoms with E-state index in [4.69, 9.17) is 10.5 Å². The molecule has 2 saturated heterocycles. The fourth-order valence-corrected chi connectivity index (χ4v) is 3.63. The minimum atomic E-state index is -0.777. The van der Waals surface area contributed by atoms with Crippen LogP contribution in [0.25, 0.3) is 0 Å². The van der Waals surface area contributed by atoms with Crippen LogP contribution in [0.1, 0.15) is 42.9 Å². The Morgan fingerprint density at radius 2 is 1.88 bits per heavy atom. The van der Waals surface area contributed by atoms with Crippen molar-refractivity contribution >= 4 is 5.91 Å². The second-order valence-corrected chi connectivity index (χ2v) is 7.15. The number of nitrogens with two attached hydrogens (primary N) is 1. The fraction of sp³-hybridized carbons (Fsp3) is 0.632. The van der Waals surface area contributed by atoms with Crippen molar-refractivity contribution in [3.63, 3.8) is 0 Å². The minimum absolute atomic E-state index is 0.0397. The number of benzene rings is 1. The van der Waals surface area contributed by atoms with E-state index in [-0.39, 0.29) is 11.9 Å². The zero-order valence-electron chi connectivity index (χ0n) is 14.6. The molecule has 1 amide bonds. The molecule has 5 nitrogen and oxygen atoms in total. The highest BCUT2D eigenvalue weighted by Crippen LogP contribution is 2.25. The maximum absolute atomic E-state index is 12.6. The van der Waals surface area contributed by atoms with E-state index >= 15 is 0 Å². The highest BCUT2D eigenvalue weighted by molar-refractivity contribution is 5.86. The van der Waals surface area contributed by atoms with E-state index in [0.717, 1.165) is 13.1 Å². The molecule has 2 aliphatic heterocycles. The predicted octanol–water partition coefficient (Wildman–Crippen LogP) is 1.76. The lowest BCUT2D eigenvalue weighted by atomic mass is 9.90. The van der Waals surface area contributed by atoms with Gasteiger partial charge in [-0.05, 0) is 51.3 Å². The van der Waals surface area contributed by atoms with Crippen molar-refractivity contribution in [2.24, 2.45) is 5.73 Å². The van der Waals surface area contributed by atoms with Gasteiger partial charge >= 0.3 is 0 Å². The molecule has 1 unspecified atom stereocenters. The van der Waals surface area contributed by atoms with Gasteiger partial charge in [0, 0.05) is 19.8 Å². The Labute approximate surface area is 144 Å². The third-order valence-corrected chi connectivity index (χ3v) is 5.34. The third-order valence-electron chi connectivity index (χ3n) is 5.34. The number of hydrogen-bond acceptors (Lipinski definition) is 4. The quantitative estimate of drug-likeness (QED) is 0.863. The number of rotatable bonds is 5. The number of aryl methyl sites for hydroxylation is 1. The van der Waals surface area contributed by atoms with Gasteiger partial charge in [-0.2, -0.15) is 0 Å². The van der Waals surface area contributed by atoms with E-state index in [1.807, 2.05) is 0 Å². The second kappa shape index (κ2) is 7.64. The van der Waals surface area contributed by atoms with Crippen molar-refractivity contribution in [2.75, 3.05) is 32.8 Å². The van der Waals surface area contributed by atoms with Crippen LogP contribution in [0.4, 0.5) is 0 Å². The van der Waals surface area contributed by atoms with Gasteiger partial charge in [-0.1, -0.05) is 29.8 Å². The first-order chi connectivity index (χ1) is 11.6. The first-order valence-corrected chi connectivity index (χ1v) is 9.04. The van der Waals surface area contributed by atoms with E-state index in [2.05, 4.69) is 41.4 Å². The van der Waals surface area contributed by atoms with Crippen molar-refractivity contribution in [3.05, 3.63) is 35.4 Å². The molecule has 0 bridgehead atoms. The molecule has 0 saturated carbocycles. The van der Waals surface area contributed by atoms with Crippen LogP contribution in [0.2, 0.25) is 0 Å². The van der Waals surface area contributed by atoms with Crippen LogP contribution < -0.4 is 11.1 Å². The van der Waals surface area contributed by atoms with Crippen molar-refractivity contribution in [3.8, 4) is 0 Å². The highest BCUT2D eigenvalue weighted by atomic mass is 16.5. The average molecular weight is 331 g/mol. The van der Waals surface area contributed by atoms with Gasteiger partial charge in [0.25, 0.3) is 0 Å². The molecular weight excluding hydrogens is 302 g/mol. The van der Waals surface area contributed by atoms with Crippen LogP contribution in [0.3, 0.4) is 0 Å². The largest absolute Gasteiger partial charge is 0.381 e. The van der Waals surface area contributed by atoms with E-state index in [1.165, 1.54) is 24.0 Å². The zero-order valence-corrected chi connectivity index (χ0v) is 14.6. The summed E-state index contributed by atoms with van der Waals surface area (Å²) in [6, 6.07) is 8.86. The Morgan fingerprint density at radius 1 is 1.25 bits per heavy atom. The Hall–Kier alpha value is -1.43. The van der Waals surface area contributed by atoms with E-state index < -0.39 is 5.54 Å². The summed E-state index contributed by atoms with van der Waals surface area (Å²) in [5, 5.41) is 3.12. The monoisotopic (exact) mass is 331 g/mol. The predicted molar refractivity (Wildman–Crippen MR) is 94.7 cm³/mol. The topological polar surface area (TPSA) is 67.6 Å². The zero-order chi connectivity index (χ0) is 17.0. The number of amides is 1. The normalized spacial score (nSPS) is 22.2. The maximum Gasteiger partial charge on any atom is 0.240 e. The molecule has 0 radical (unpaired) electrons. The highest BCUT2D eigenvalue weighted by Gasteiger charge is 2.36. The first kappa shape index (κ1) is 17.4. The minimum Gasteiger partial charge on any atom is -0.381 e. The van der Waals surface area contributed by atoms with Crippen LogP contribution in [0.5, 0.6) is 0 Å². The Balaban J connectivity index is 1.67. The van der Waals surface area contributed by atoms with E-state index in [0.29, 0.717) is 32.6 Å². The van der Waals surface area contributed by atoms with Crippen LogP contribution in [-0.2, 0) is 9.53 Å². The Bertz CT molecular complexity index is 546. The molecule has 132 valence electrons. The van der Waals surface area contributed by atoms with Gasteiger partial charge in [-0.15, -0.1) is 0 Å². The molecule has 0 aliphatic carbocycles. The molecule has 3 rings (SSSR count). The standard InChI is InChI=1S/C19H29N3O2/c1-15-4-6-16(7-5-15)17(22-10-2-3-11-22)14-21-18(23)19(20)8-12-24-13-9-19/h4-7,17H,2-3,8-14,20H2,1H3,(H,21,23). The molecule has 2 heterocycles. The number of hydrogen-bond donors (Lipinski definition) is 2. The van der Waals surface area contributed by atoms with Crippen LogP contribution in [-0.4, -0.2) is 49.2 Å². The molecule has 3 N–H and O–H groups in total. The summed E-state index contributed by atoms with van der Waals surface area (Å²) < 4.78 is 5.33. The molecule has 24 heavy (non-hydrogen) atoms.